The molecule has 18 heavy (non-hydrogen) atoms. The number of rotatable bonds is 5. The molecular weight excluding hydrogens is 269 g/mol. The number of nitrogens with one attached hydrogen (secondary N) is 1. The zero-order chi connectivity index (χ0) is 13.0. The van der Waals surface area contributed by atoms with Crippen molar-refractivity contribution >= 4 is 22.9 Å². The lowest BCUT2D eigenvalue weighted by atomic mass is 10.1. The topological polar surface area (TPSA) is 12.0 Å². The maximum absolute atomic E-state index is 13.3. The molecule has 4 heteroatoms. The highest BCUT2D eigenvalue weighted by molar-refractivity contribution is 7.19. The Labute approximate surface area is 116 Å². The average Bonchev–Trinajstić information content (AvgIpc) is 2.76. The van der Waals surface area contributed by atoms with E-state index in [0.29, 0.717) is 6.54 Å². The van der Waals surface area contributed by atoms with Crippen LogP contribution in [0.15, 0.2) is 30.3 Å². The highest BCUT2D eigenvalue weighted by Crippen LogP contribution is 2.33. The molecule has 0 saturated heterocycles. The lowest BCUT2D eigenvalue weighted by Crippen LogP contribution is -2.14. The second-order valence-electron chi connectivity index (χ2n) is 4.08. The Hall–Kier alpha value is -0.900. The summed E-state index contributed by atoms with van der Waals surface area (Å²) in [4.78, 5) is 1.08. The van der Waals surface area contributed by atoms with E-state index in [9.17, 15) is 4.39 Å². The lowest BCUT2D eigenvalue weighted by molar-refractivity contribution is 0.619. The number of thiophene rings is 1. The summed E-state index contributed by atoms with van der Waals surface area (Å²) in [6.45, 7) is 3.72. The standard InChI is InChI=1S/C14H15ClFNS/c1-2-7-17-9-10-8-11(16)3-4-12(10)13-5-6-14(15)18-13/h3-6,8,17H,2,7,9H2,1H3. The molecular formula is C14H15ClFNS. The Morgan fingerprint density at radius 1 is 1.28 bits per heavy atom. The molecule has 1 aromatic heterocycles. The van der Waals surface area contributed by atoms with Gasteiger partial charge in [-0.05, 0) is 48.4 Å². The van der Waals surface area contributed by atoms with Gasteiger partial charge in [0, 0.05) is 11.4 Å². The van der Waals surface area contributed by atoms with Crippen molar-refractivity contribution in [1.29, 1.82) is 0 Å². The van der Waals surface area contributed by atoms with E-state index in [0.717, 1.165) is 33.3 Å². The van der Waals surface area contributed by atoms with E-state index in [1.807, 2.05) is 18.2 Å². The molecule has 0 amide bonds. The molecule has 96 valence electrons. The van der Waals surface area contributed by atoms with Crippen LogP contribution in [0.2, 0.25) is 4.34 Å². The van der Waals surface area contributed by atoms with Crippen LogP contribution in [0, 0.1) is 5.82 Å². The van der Waals surface area contributed by atoms with Crippen LogP contribution >= 0.6 is 22.9 Å². The Bertz CT molecular complexity index is 524. The highest BCUT2D eigenvalue weighted by Gasteiger charge is 2.08. The molecule has 0 bridgehead atoms. The Morgan fingerprint density at radius 2 is 2.11 bits per heavy atom. The quantitative estimate of drug-likeness (QED) is 0.784. The molecule has 0 spiro atoms. The van der Waals surface area contributed by atoms with Crippen molar-refractivity contribution in [1.82, 2.24) is 5.32 Å². The lowest BCUT2D eigenvalue weighted by Gasteiger charge is -2.09. The van der Waals surface area contributed by atoms with Gasteiger partial charge < -0.3 is 5.32 Å². The number of benzene rings is 1. The summed E-state index contributed by atoms with van der Waals surface area (Å²) in [5, 5.41) is 3.30. The van der Waals surface area contributed by atoms with Gasteiger partial charge in [0.15, 0.2) is 0 Å². The fourth-order valence-corrected chi connectivity index (χ4v) is 2.91. The van der Waals surface area contributed by atoms with Crippen molar-refractivity contribution in [2.45, 2.75) is 19.9 Å². The van der Waals surface area contributed by atoms with Gasteiger partial charge in [0.25, 0.3) is 0 Å². The van der Waals surface area contributed by atoms with Gasteiger partial charge in [0.2, 0.25) is 0 Å². The fraction of sp³-hybridized carbons (Fsp3) is 0.286. The van der Waals surface area contributed by atoms with E-state index < -0.39 is 0 Å². The zero-order valence-corrected chi connectivity index (χ0v) is 11.7. The van der Waals surface area contributed by atoms with Gasteiger partial charge >= 0.3 is 0 Å². The molecule has 0 radical (unpaired) electrons. The van der Waals surface area contributed by atoms with E-state index in [2.05, 4.69) is 12.2 Å². The van der Waals surface area contributed by atoms with Crippen LogP contribution in [-0.2, 0) is 6.54 Å². The van der Waals surface area contributed by atoms with E-state index >= 15 is 0 Å². The molecule has 1 heterocycles. The van der Waals surface area contributed by atoms with E-state index in [1.165, 1.54) is 17.4 Å². The van der Waals surface area contributed by atoms with Crippen LogP contribution in [0.5, 0.6) is 0 Å². The maximum Gasteiger partial charge on any atom is 0.123 e. The Kier molecular flexibility index (Phi) is 4.75. The predicted molar refractivity (Wildman–Crippen MR) is 76.7 cm³/mol. The minimum Gasteiger partial charge on any atom is -0.313 e. The molecule has 2 rings (SSSR count). The van der Waals surface area contributed by atoms with Gasteiger partial charge in [0.1, 0.15) is 5.82 Å². The van der Waals surface area contributed by atoms with E-state index in [4.69, 9.17) is 11.6 Å². The Balaban J connectivity index is 2.28. The number of hydrogen-bond acceptors (Lipinski definition) is 2. The monoisotopic (exact) mass is 283 g/mol. The third kappa shape index (κ3) is 3.31. The van der Waals surface area contributed by atoms with Crippen molar-refractivity contribution in [3.05, 3.63) is 46.0 Å². The van der Waals surface area contributed by atoms with Gasteiger partial charge in [0.05, 0.1) is 4.34 Å². The highest BCUT2D eigenvalue weighted by atomic mass is 35.5. The summed E-state index contributed by atoms with van der Waals surface area (Å²) >= 11 is 7.46. The molecule has 0 atom stereocenters. The first-order valence-electron chi connectivity index (χ1n) is 5.95. The largest absolute Gasteiger partial charge is 0.313 e. The van der Waals surface area contributed by atoms with Crippen molar-refractivity contribution in [2.24, 2.45) is 0 Å². The maximum atomic E-state index is 13.3. The van der Waals surface area contributed by atoms with Crippen LogP contribution in [0.25, 0.3) is 10.4 Å². The molecule has 2 aromatic rings. The van der Waals surface area contributed by atoms with Crippen LogP contribution in [-0.4, -0.2) is 6.54 Å². The molecule has 0 aliphatic carbocycles. The predicted octanol–water partition coefficient (Wildman–Crippen LogP) is 4.71. The molecule has 0 aliphatic heterocycles. The third-order valence-electron chi connectivity index (χ3n) is 2.65. The van der Waals surface area contributed by atoms with Crippen LogP contribution in [0.4, 0.5) is 4.39 Å². The normalized spacial score (nSPS) is 10.8. The minimum atomic E-state index is -0.199. The SMILES string of the molecule is CCCNCc1cc(F)ccc1-c1ccc(Cl)s1. The summed E-state index contributed by atoms with van der Waals surface area (Å²) in [7, 11) is 0. The summed E-state index contributed by atoms with van der Waals surface area (Å²) in [5.74, 6) is -0.199. The van der Waals surface area contributed by atoms with Gasteiger partial charge in [-0.2, -0.15) is 0 Å². The van der Waals surface area contributed by atoms with Crippen molar-refractivity contribution in [2.75, 3.05) is 6.54 Å². The van der Waals surface area contributed by atoms with Gasteiger partial charge in [-0.1, -0.05) is 24.6 Å². The average molecular weight is 284 g/mol. The summed E-state index contributed by atoms with van der Waals surface area (Å²) < 4.78 is 14.1. The molecule has 0 aliphatic rings. The third-order valence-corrected chi connectivity index (χ3v) is 3.91. The first kappa shape index (κ1) is 13.5. The molecule has 0 unspecified atom stereocenters. The molecule has 1 nitrogen and oxygen atoms in total. The van der Waals surface area contributed by atoms with Crippen molar-refractivity contribution < 1.29 is 4.39 Å². The number of halogens is 2. The van der Waals surface area contributed by atoms with Crippen LogP contribution in [0.3, 0.4) is 0 Å². The summed E-state index contributed by atoms with van der Waals surface area (Å²) in [6.07, 6.45) is 1.06. The van der Waals surface area contributed by atoms with E-state index in [1.54, 1.807) is 6.07 Å². The molecule has 0 saturated carbocycles. The zero-order valence-electron chi connectivity index (χ0n) is 10.2. The smallest absolute Gasteiger partial charge is 0.123 e. The second-order valence-corrected chi connectivity index (χ2v) is 5.80. The Morgan fingerprint density at radius 3 is 2.78 bits per heavy atom. The van der Waals surface area contributed by atoms with Crippen molar-refractivity contribution in [3.63, 3.8) is 0 Å². The first-order chi connectivity index (χ1) is 8.70. The first-order valence-corrected chi connectivity index (χ1v) is 7.15. The summed E-state index contributed by atoms with van der Waals surface area (Å²) in [5.41, 5.74) is 2.03. The molecule has 1 N–H and O–H groups in total. The van der Waals surface area contributed by atoms with Crippen LogP contribution < -0.4 is 5.32 Å². The molecule has 1 aromatic carbocycles. The van der Waals surface area contributed by atoms with Gasteiger partial charge in [-0.25, -0.2) is 4.39 Å². The number of hydrogen-bond donors (Lipinski definition) is 1. The second kappa shape index (κ2) is 6.32. The van der Waals surface area contributed by atoms with Gasteiger partial charge in [-0.15, -0.1) is 11.3 Å². The van der Waals surface area contributed by atoms with Crippen molar-refractivity contribution in [3.8, 4) is 10.4 Å². The van der Waals surface area contributed by atoms with Gasteiger partial charge in [-0.3, -0.25) is 0 Å². The molecule has 0 fully saturated rings. The minimum absolute atomic E-state index is 0.199. The van der Waals surface area contributed by atoms with E-state index in [-0.39, 0.29) is 5.82 Å². The fourth-order valence-electron chi connectivity index (χ4n) is 1.81. The van der Waals surface area contributed by atoms with Crippen LogP contribution in [0.1, 0.15) is 18.9 Å². The summed E-state index contributed by atoms with van der Waals surface area (Å²) in [6, 6.07) is 8.75.